The SMILES string of the molecule is C=C(C)[C@@H]1CC[C@]2(C)[C@@H]1CC[C@]1(C)CC=C(C)CC[C@H]12. The van der Waals surface area contributed by atoms with Crippen molar-refractivity contribution < 1.29 is 0 Å². The average molecular weight is 272 g/mol. The van der Waals surface area contributed by atoms with Crippen molar-refractivity contribution >= 4 is 0 Å². The number of rotatable bonds is 1. The molecule has 0 heteroatoms. The van der Waals surface area contributed by atoms with E-state index in [1.165, 1.54) is 50.5 Å². The molecule has 0 radical (unpaired) electrons. The van der Waals surface area contributed by atoms with E-state index in [2.05, 4.69) is 40.3 Å². The molecule has 0 aliphatic heterocycles. The molecule has 0 amide bonds. The molecule has 0 heterocycles. The third kappa shape index (κ3) is 2.02. The standard InChI is InChI=1S/C20H32/c1-14(2)16-9-13-20(5)17(16)10-12-19(4)11-8-15(3)6-7-18(19)20/h8,16-18H,1,6-7,9-13H2,2-5H3/t16-,17+,18+,19-,20+/m0/s1. The summed E-state index contributed by atoms with van der Waals surface area (Å²) < 4.78 is 0. The summed E-state index contributed by atoms with van der Waals surface area (Å²) in [7, 11) is 0. The molecule has 0 aromatic carbocycles. The fourth-order valence-electron chi connectivity index (χ4n) is 6.13. The number of fused-ring (bicyclic) bond motifs is 3. The summed E-state index contributed by atoms with van der Waals surface area (Å²) in [5, 5.41) is 0. The van der Waals surface area contributed by atoms with Crippen molar-refractivity contribution in [3.63, 3.8) is 0 Å². The number of hydrogen-bond acceptors (Lipinski definition) is 0. The van der Waals surface area contributed by atoms with E-state index >= 15 is 0 Å². The maximum absolute atomic E-state index is 4.30. The summed E-state index contributed by atoms with van der Waals surface area (Å²) in [6, 6.07) is 0. The van der Waals surface area contributed by atoms with Crippen molar-refractivity contribution in [2.75, 3.05) is 0 Å². The van der Waals surface area contributed by atoms with Gasteiger partial charge >= 0.3 is 0 Å². The predicted molar refractivity (Wildman–Crippen MR) is 87.6 cm³/mol. The molecule has 5 atom stereocenters. The molecule has 0 nitrogen and oxygen atoms in total. The molecular formula is C20H32. The molecule has 112 valence electrons. The minimum Gasteiger partial charge on any atom is -0.0999 e. The zero-order valence-electron chi connectivity index (χ0n) is 14.0. The zero-order valence-corrected chi connectivity index (χ0v) is 14.0. The fraction of sp³-hybridized carbons (Fsp3) is 0.800. The number of hydrogen-bond donors (Lipinski definition) is 0. The lowest BCUT2D eigenvalue weighted by atomic mass is 9.50. The molecule has 2 fully saturated rings. The molecule has 0 aromatic heterocycles. The third-order valence-electron chi connectivity index (χ3n) is 7.37. The van der Waals surface area contributed by atoms with Gasteiger partial charge in [-0.3, -0.25) is 0 Å². The van der Waals surface area contributed by atoms with Gasteiger partial charge in [-0.15, -0.1) is 0 Å². The molecule has 3 aliphatic rings. The Balaban J connectivity index is 1.93. The highest BCUT2D eigenvalue weighted by molar-refractivity contribution is 5.16. The van der Waals surface area contributed by atoms with Crippen LogP contribution in [0.1, 0.15) is 72.6 Å². The van der Waals surface area contributed by atoms with E-state index in [-0.39, 0.29) is 0 Å². The van der Waals surface area contributed by atoms with Gasteiger partial charge in [-0.2, -0.15) is 0 Å². The Morgan fingerprint density at radius 1 is 1.20 bits per heavy atom. The Morgan fingerprint density at radius 2 is 1.95 bits per heavy atom. The summed E-state index contributed by atoms with van der Waals surface area (Å²) in [6.45, 7) is 14.1. The first-order valence-electron chi connectivity index (χ1n) is 8.68. The van der Waals surface area contributed by atoms with Gasteiger partial charge in [-0.1, -0.05) is 37.6 Å². The normalized spacial score (nSPS) is 48.0. The van der Waals surface area contributed by atoms with E-state index in [0.717, 1.165) is 17.8 Å². The van der Waals surface area contributed by atoms with Gasteiger partial charge in [0.05, 0.1) is 0 Å². The van der Waals surface area contributed by atoms with Crippen molar-refractivity contribution in [3.8, 4) is 0 Å². The van der Waals surface area contributed by atoms with Crippen molar-refractivity contribution in [1.29, 1.82) is 0 Å². The molecule has 2 saturated carbocycles. The van der Waals surface area contributed by atoms with Gasteiger partial charge in [-0.05, 0) is 87.4 Å². The van der Waals surface area contributed by atoms with E-state index in [0.29, 0.717) is 10.8 Å². The molecule has 20 heavy (non-hydrogen) atoms. The van der Waals surface area contributed by atoms with E-state index in [4.69, 9.17) is 0 Å². The zero-order chi connectivity index (χ0) is 14.5. The molecule has 3 aliphatic carbocycles. The first-order valence-corrected chi connectivity index (χ1v) is 8.68. The van der Waals surface area contributed by atoms with E-state index in [9.17, 15) is 0 Å². The van der Waals surface area contributed by atoms with Crippen LogP contribution in [0.5, 0.6) is 0 Å². The first kappa shape index (κ1) is 14.4. The molecule has 3 rings (SSSR count). The molecular weight excluding hydrogens is 240 g/mol. The van der Waals surface area contributed by atoms with Crippen LogP contribution in [0.25, 0.3) is 0 Å². The van der Waals surface area contributed by atoms with E-state index in [1.54, 1.807) is 5.57 Å². The van der Waals surface area contributed by atoms with Gasteiger partial charge in [0.1, 0.15) is 0 Å². The lowest BCUT2D eigenvalue weighted by Crippen LogP contribution is -2.47. The minimum absolute atomic E-state index is 0.562. The van der Waals surface area contributed by atoms with Crippen molar-refractivity contribution in [3.05, 3.63) is 23.8 Å². The van der Waals surface area contributed by atoms with Crippen molar-refractivity contribution in [2.45, 2.75) is 72.6 Å². The van der Waals surface area contributed by atoms with E-state index < -0.39 is 0 Å². The van der Waals surface area contributed by atoms with Gasteiger partial charge in [0, 0.05) is 0 Å². The highest BCUT2D eigenvalue weighted by Crippen LogP contribution is 2.66. The van der Waals surface area contributed by atoms with Gasteiger partial charge in [-0.25, -0.2) is 0 Å². The van der Waals surface area contributed by atoms with Gasteiger partial charge in [0.2, 0.25) is 0 Å². The largest absolute Gasteiger partial charge is 0.0999 e. The van der Waals surface area contributed by atoms with Gasteiger partial charge < -0.3 is 0 Å². The van der Waals surface area contributed by atoms with Gasteiger partial charge in [0.25, 0.3) is 0 Å². The van der Waals surface area contributed by atoms with Crippen LogP contribution in [0.2, 0.25) is 0 Å². The molecule has 0 N–H and O–H groups in total. The maximum Gasteiger partial charge on any atom is -0.0175 e. The van der Waals surface area contributed by atoms with Crippen LogP contribution in [0.15, 0.2) is 23.8 Å². The second kappa shape index (κ2) is 4.75. The molecule has 0 spiro atoms. The maximum atomic E-state index is 4.30. The highest BCUT2D eigenvalue weighted by atomic mass is 14.6. The molecule has 0 saturated heterocycles. The molecule has 0 aromatic rings. The lowest BCUT2D eigenvalue weighted by Gasteiger charge is -2.54. The fourth-order valence-corrected chi connectivity index (χ4v) is 6.13. The monoisotopic (exact) mass is 272 g/mol. The lowest BCUT2D eigenvalue weighted by molar-refractivity contribution is -0.0481. The van der Waals surface area contributed by atoms with Crippen LogP contribution < -0.4 is 0 Å². The molecule has 0 unspecified atom stereocenters. The van der Waals surface area contributed by atoms with Crippen LogP contribution in [0.3, 0.4) is 0 Å². The summed E-state index contributed by atoms with van der Waals surface area (Å²) in [5.74, 6) is 2.64. The smallest absolute Gasteiger partial charge is 0.0175 e. The minimum atomic E-state index is 0.562. The van der Waals surface area contributed by atoms with Crippen LogP contribution in [-0.2, 0) is 0 Å². The van der Waals surface area contributed by atoms with Gasteiger partial charge in [0.15, 0.2) is 0 Å². The van der Waals surface area contributed by atoms with Crippen LogP contribution >= 0.6 is 0 Å². The van der Waals surface area contributed by atoms with Crippen LogP contribution in [0, 0.1) is 28.6 Å². The Labute approximate surface area is 125 Å². The van der Waals surface area contributed by atoms with Crippen molar-refractivity contribution in [1.82, 2.24) is 0 Å². The topological polar surface area (TPSA) is 0 Å². The molecule has 0 bridgehead atoms. The van der Waals surface area contributed by atoms with Crippen LogP contribution in [-0.4, -0.2) is 0 Å². The Kier molecular flexibility index (Phi) is 3.42. The third-order valence-corrected chi connectivity index (χ3v) is 7.37. The summed E-state index contributed by atoms with van der Waals surface area (Å²) >= 11 is 0. The first-order chi connectivity index (χ1) is 9.37. The average Bonchev–Trinajstić information content (AvgIpc) is 2.64. The summed E-state index contributed by atoms with van der Waals surface area (Å²) in [4.78, 5) is 0. The Bertz CT molecular complexity index is 443. The quantitative estimate of drug-likeness (QED) is 0.503. The summed E-state index contributed by atoms with van der Waals surface area (Å²) in [6.07, 6.45) is 12.3. The highest BCUT2D eigenvalue weighted by Gasteiger charge is 2.57. The number of allylic oxidation sites excluding steroid dienone is 3. The second-order valence-electron chi connectivity index (χ2n) is 8.64. The Morgan fingerprint density at radius 3 is 2.65 bits per heavy atom. The van der Waals surface area contributed by atoms with Crippen LogP contribution in [0.4, 0.5) is 0 Å². The van der Waals surface area contributed by atoms with Crippen molar-refractivity contribution in [2.24, 2.45) is 28.6 Å². The Hall–Kier alpha value is -0.520. The summed E-state index contributed by atoms with van der Waals surface area (Å²) in [5.41, 5.74) is 4.22. The predicted octanol–water partition coefficient (Wildman–Crippen LogP) is 6.14. The van der Waals surface area contributed by atoms with E-state index in [1.807, 2.05) is 0 Å². The second-order valence-corrected chi connectivity index (χ2v) is 8.64.